The smallest absolute Gasteiger partial charge is 0.263 e. The van der Waals surface area contributed by atoms with Gasteiger partial charge in [-0.15, -0.1) is 10.2 Å². The number of halogens is 2. The molecule has 0 N–H and O–H groups in total. The molecule has 0 atom stereocenters. The Labute approximate surface area is 228 Å². The van der Waals surface area contributed by atoms with Crippen LogP contribution in [0.1, 0.15) is 17.8 Å². The third-order valence-corrected chi connectivity index (χ3v) is 7.43. The number of hydrogen-bond donors (Lipinski definition) is 0. The zero-order valence-corrected chi connectivity index (χ0v) is 21.9. The average molecular weight is 545 g/mol. The number of carbonyl (C=O) groups excluding carboxylic acids is 1. The van der Waals surface area contributed by atoms with Crippen LogP contribution in [0.5, 0.6) is 0 Å². The highest BCUT2D eigenvalue weighted by Crippen LogP contribution is 2.21. The van der Waals surface area contributed by atoms with Crippen molar-refractivity contribution < 1.29 is 9.18 Å². The number of nitrogens with zero attached hydrogens (tertiary/aromatic N) is 6. The maximum atomic E-state index is 13.4. The average Bonchev–Trinajstić information content (AvgIpc) is 3.39. The van der Waals surface area contributed by atoms with Crippen LogP contribution in [0.2, 0.25) is 5.02 Å². The fourth-order valence-electron chi connectivity index (χ4n) is 5.15. The van der Waals surface area contributed by atoms with E-state index in [0.717, 1.165) is 24.3 Å². The molecule has 39 heavy (non-hydrogen) atoms. The monoisotopic (exact) mass is 544 g/mol. The molecule has 3 aromatic carbocycles. The molecular weight excluding hydrogens is 519 g/mol. The largest absolute Gasteiger partial charge is 0.368 e. The summed E-state index contributed by atoms with van der Waals surface area (Å²) in [6.07, 6.45) is 0.663. The first kappa shape index (κ1) is 25.1. The Morgan fingerprint density at radius 3 is 2.46 bits per heavy atom. The van der Waals surface area contributed by atoms with Gasteiger partial charge in [0.15, 0.2) is 0 Å². The second kappa shape index (κ2) is 10.5. The van der Waals surface area contributed by atoms with Crippen molar-refractivity contribution in [1.29, 1.82) is 0 Å². The van der Waals surface area contributed by atoms with Gasteiger partial charge in [-0.25, -0.2) is 4.39 Å². The third-order valence-electron chi connectivity index (χ3n) is 7.20. The van der Waals surface area contributed by atoms with Gasteiger partial charge in [-0.1, -0.05) is 41.9 Å². The van der Waals surface area contributed by atoms with E-state index in [1.54, 1.807) is 22.8 Å². The lowest BCUT2D eigenvalue weighted by Crippen LogP contribution is -2.48. The Bertz CT molecular complexity index is 1720. The standard InChI is InChI=1S/C29H26ClFN6O2/c30-21-4-3-5-23(18-21)34-14-16-35(17-15-34)27(38)13-12-26-32-33-29-36(19-20-8-10-22(31)11-9-20)28(39)24-6-1-2-7-25(24)37(26)29/h1-11,18H,12-17,19H2. The number of fused-ring (bicyclic) bond motifs is 3. The van der Waals surface area contributed by atoms with E-state index in [-0.39, 0.29) is 30.2 Å². The van der Waals surface area contributed by atoms with Crippen molar-refractivity contribution in [3.63, 3.8) is 0 Å². The van der Waals surface area contributed by atoms with E-state index in [4.69, 9.17) is 11.6 Å². The van der Waals surface area contributed by atoms with Gasteiger partial charge >= 0.3 is 0 Å². The second-order valence-corrected chi connectivity index (χ2v) is 10.1. The summed E-state index contributed by atoms with van der Waals surface area (Å²) >= 11 is 6.14. The lowest BCUT2D eigenvalue weighted by molar-refractivity contribution is -0.131. The van der Waals surface area contributed by atoms with Crippen LogP contribution in [0.3, 0.4) is 0 Å². The molecule has 0 saturated carbocycles. The van der Waals surface area contributed by atoms with Crippen LogP contribution in [0.25, 0.3) is 16.7 Å². The van der Waals surface area contributed by atoms with Crippen molar-refractivity contribution in [2.24, 2.45) is 0 Å². The fraction of sp³-hybridized carbons (Fsp3) is 0.241. The molecule has 0 spiro atoms. The Kier molecular flexibility index (Phi) is 6.74. The van der Waals surface area contributed by atoms with Gasteiger partial charge < -0.3 is 9.80 Å². The molecule has 0 unspecified atom stereocenters. The van der Waals surface area contributed by atoms with Gasteiger partial charge in [0.1, 0.15) is 11.6 Å². The minimum absolute atomic E-state index is 0.0569. The zero-order chi connectivity index (χ0) is 26.9. The molecule has 1 amide bonds. The van der Waals surface area contributed by atoms with E-state index >= 15 is 0 Å². The summed E-state index contributed by atoms with van der Waals surface area (Å²) in [5.41, 5.74) is 2.32. The number of amides is 1. The first-order valence-electron chi connectivity index (χ1n) is 12.9. The van der Waals surface area contributed by atoms with Gasteiger partial charge in [0.25, 0.3) is 5.56 Å². The maximum absolute atomic E-state index is 13.4. The molecule has 6 rings (SSSR count). The fourth-order valence-corrected chi connectivity index (χ4v) is 5.34. The van der Waals surface area contributed by atoms with Gasteiger partial charge in [0, 0.05) is 49.7 Å². The number of benzene rings is 3. The Balaban J connectivity index is 1.22. The van der Waals surface area contributed by atoms with E-state index in [2.05, 4.69) is 15.1 Å². The normalized spacial score (nSPS) is 13.9. The highest BCUT2D eigenvalue weighted by atomic mass is 35.5. The van der Waals surface area contributed by atoms with E-state index in [1.807, 2.05) is 51.8 Å². The second-order valence-electron chi connectivity index (χ2n) is 9.63. The summed E-state index contributed by atoms with van der Waals surface area (Å²) in [7, 11) is 0. The lowest BCUT2D eigenvalue weighted by atomic mass is 10.2. The van der Waals surface area contributed by atoms with Crippen LogP contribution in [-0.4, -0.2) is 56.2 Å². The van der Waals surface area contributed by atoms with Crippen molar-refractivity contribution in [3.8, 4) is 0 Å². The van der Waals surface area contributed by atoms with Crippen LogP contribution >= 0.6 is 11.6 Å². The van der Waals surface area contributed by atoms with Gasteiger partial charge in [-0.2, -0.15) is 0 Å². The molecule has 3 heterocycles. The van der Waals surface area contributed by atoms with Crippen molar-refractivity contribution in [2.75, 3.05) is 31.1 Å². The minimum atomic E-state index is -0.338. The molecule has 8 nitrogen and oxygen atoms in total. The van der Waals surface area contributed by atoms with E-state index in [1.165, 1.54) is 12.1 Å². The molecule has 1 saturated heterocycles. The third kappa shape index (κ3) is 4.97. The number of hydrogen-bond acceptors (Lipinski definition) is 5. The molecule has 0 radical (unpaired) electrons. The molecule has 0 aliphatic carbocycles. The molecule has 0 bridgehead atoms. The number of carbonyl (C=O) groups is 1. The molecule has 10 heteroatoms. The SMILES string of the molecule is O=C(CCc1nnc2n(Cc3ccc(F)cc3)c(=O)c3ccccc3n12)N1CCN(c2cccc(Cl)c2)CC1. The first-order chi connectivity index (χ1) is 19.0. The molecule has 1 fully saturated rings. The van der Waals surface area contributed by atoms with Crippen LogP contribution < -0.4 is 10.5 Å². The Morgan fingerprint density at radius 1 is 0.923 bits per heavy atom. The summed E-state index contributed by atoms with van der Waals surface area (Å²) in [5.74, 6) is 0.720. The number of para-hydroxylation sites is 1. The van der Waals surface area contributed by atoms with E-state index in [9.17, 15) is 14.0 Å². The van der Waals surface area contributed by atoms with Crippen molar-refractivity contribution in [3.05, 3.63) is 105 Å². The van der Waals surface area contributed by atoms with Crippen LogP contribution in [0.15, 0.2) is 77.6 Å². The van der Waals surface area contributed by atoms with Crippen LogP contribution in [-0.2, 0) is 17.8 Å². The van der Waals surface area contributed by atoms with Gasteiger partial charge in [0.05, 0.1) is 17.4 Å². The number of aromatic nitrogens is 4. The number of anilines is 1. The summed E-state index contributed by atoms with van der Waals surface area (Å²) in [6.45, 7) is 2.96. The van der Waals surface area contributed by atoms with E-state index in [0.29, 0.717) is 47.0 Å². The highest BCUT2D eigenvalue weighted by Gasteiger charge is 2.23. The van der Waals surface area contributed by atoms with Gasteiger partial charge in [-0.3, -0.25) is 18.6 Å². The molecule has 1 aliphatic rings. The number of rotatable bonds is 6. The Hall–Kier alpha value is -4.24. The minimum Gasteiger partial charge on any atom is -0.368 e. The molecule has 198 valence electrons. The predicted molar refractivity (Wildman–Crippen MR) is 149 cm³/mol. The lowest BCUT2D eigenvalue weighted by Gasteiger charge is -2.36. The van der Waals surface area contributed by atoms with Crippen molar-refractivity contribution in [2.45, 2.75) is 19.4 Å². The van der Waals surface area contributed by atoms with Crippen molar-refractivity contribution >= 4 is 39.9 Å². The quantitative estimate of drug-likeness (QED) is 0.321. The Morgan fingerprint density at radius 2 is 1.69 bits per heavy atom. The molecular formula is C29H26ClFN6O2. The first-order valence-corrected chi connectivity index (χ1v) is 13.2. The summed E-state index contributed by atoms with van der Waals surface area (Å²) in [4.78, 5) is 30.6. The molecule has 5 aromatic rings. The van der Waals surface area contributed by atoms with Crippen LogP contribution in [0, 0.1) is 5.82 Å². The number of piperazine rings is 1. The topological polar surface area (TPSA) is 75.7 Å². The predicted octanol–water partition coefficient (Wildman–Crippen LogP) is 4.17. The number of aryl methyl sites for hydroxylation is 1. The maximum Gasteiger partial charge on any atom is 0.263 e. The molecule has 2 aromatic heterocycles. The summed E-state index contributed by atoms with van der Waals surface area (Å²) in [5, 5.41) is 9.95. The summed E-state index contributed by atoms with van der Waals surface area (Å²) in [6, 6.07) is 21.1. The van der Waals surface area contributed by atoms with Gasteiger partial charge in [0.2, 0.25) is 11.7 Å². The van der Waals surface area contributed by atoms with Crippen molar-refractivity contribution in [1.82, 2.24) is 24.1 Å². The molecule has 1 aliphatic heterocycles. The van der Waals surface area contributed by atoms with Crippen LogP contribution in [0.4, 0.5) is 10.1 Å². The highest BCUT2D eigenvalue weighted by molar-refractivity contribution is 6.30. The zero-order valence-electron chi connectivity index (χ0n) is 21.1. The van der Waals surface area contributed by atoms with E-state index < -0.39 is 0 Å². The summed E-state index contributed by atoms with van der Waals surface area (Å²) < 4.78 is 16.8. The van der Waals surface area contributed by atoms with Gasteiger partial charge in [-0.05, 0) is 48.0 Å².